The summed E-state index contributed by atoms with van der Waals surface area (Å²) in [5.74, 6) is -0.308. The Morgan fingerprint density at radius 3 is 2.62 bits per heavy atom. The van der Waals surface area contributed by atoms with Gasteiger partial charge in [-0.3, -0.25) is 9.78 Å². The van der Waals surface area contributed by atoms with Gasteiger partial charge in [0.2, 0.25) is 18.0 Å². The van der Waals surface area contributed by atoms with Crippen molar-refractivity contribution < 1.29 is 13.9 Å². The zero-order valence-corrected chi connectivity index (χ0v) is 14.3. The van der Waals surface area contributed by atoms with Gasteiger partial charge in [0, 0.05) is 29.1 Å². The van der Waals surface area contributed by atoms with E-state index < -0.39 is 6.23 Å². The van der Waals surface area contributed by atoms with Gasteiger partial charge in [0.25, 0.3) is 0 Å². The number of halogens is 1. The zero-order chi connectivity index (χ0) is 18.3. The van der Waals surface area contributed by atoms with Crippen LogP contribution in [-0.4, -0.2) is 21.8 Å². The molecule has 4 rings (SSSR count). The molecule has 1 aliphatic rings. The molecule has 0 aliphatic carbocycles. The number of fused-ring (bicyclic) bond motifs is 1. The smallest absolute Gasteiger partial charge is 0.243 e. The van der Waals surface area contributed by atoms with E-state index in [1.807, 2.05) is 37.3 Å². The van der Waals surface area contributed by atoms with Gasteiger partial charge in [-0.15, -0.1) is 5.10 Å². The maximum atomic E-state index is 13.2. The summed E-state index contributed by atoms with van der Waals surface area (Å²) in [6.45, 7) is 3.33. The maximum Gasteiger partial charge on any atom is 0.243 e. The lowest BCUT2D eigenvalue weighted by atomic mass is 10.1. The van der Waals surface area contributed by atoms with Gasteiger partial charge in [0.05, 0.1) is 5.52 Å². The quantitative estimate of drug-likeness (QED) is 0.705. The van der Waals surface area contributed by atoms with E-state index in [0.29, 0.717) is 5.56 Å². The number of benzene rings is 2. The molecule has 2 aromatic carbocycles. The van der Waals surface area contributed by atoms with E-state index in [2.05, 4.69) is 10.1 Å². The Kier molecular flexibility index (Phi) is 3.88. The average Bonchev–Trinajstić information content (AvgIpc) is 3.07. The molecule has 0 N–H and O–H groups in total. The minimum absolute atomic E-state index is 0.245. The number of rotatable bonds is 2. The summed E-state index contributed by atoms with van der Waals surface area (Å²) in [5, 5.41) is 6.52. The highest BCUT2D eigenvalue weighted by atomic mass is 19.1. The second-order valence-electron chi connectivity index (χ2n) is 6.12. The zero-order valence-electron chi connectivity index (χ0n) is 14.3. The van der Waals surface area contributed by atoms with Crippen LogP contribution < -0.4 is 0 Å². The number of hydrogen-bond acceptors (Lipinski definition) is 4. The summed E-state index contributed by atoms with van der Waals surface area (Å²) in [4.78, 5) is 16.7. The molecule has 5 nitrogen and oxygen atoms in total. The van der Waals surface area contributed by atoms with Gasteiger partial charge < -0.3 is 4.74 Å². The van der Waals surface area contributed by atoms with Crippen molar-refractivity contribution in [3.05, 3.63) is 77.2 Å². The largest absolute Gasteiger partial charge is 0.446 e. The fraction of sp³-hybridized carbons (Fsp3) is 0.150. The number of ether oxygens (including phenoxy) is 1. The predicted octanol–water partition coefficient (Wildman–Crippen LogP) is 3.92. The van der Waals surface area contributed by atoms with Crippen molar-refractivity contribution in [3.63, 3.8) is 0 Å². The van der Waals surface area contributed by atoms with Gasteiger partial charge in [-0.2, -0.15) is 5.01 Å². The minimum atomic E-state index is -0.695. The fourth-order valence-corrected chi connectivity index (χ4v) is 3.02. The Morgan fingerprint density at radius 2 is 1.88 bits per heavy atom. The Labute approximate surface area is 149 Å². The number of amides is 1. The molecular formula is C20H16FN3O2. The van der Waals surface area contributed by atoms with Crippen LogP contribution in [0.1, 0.15) is 30.0 Å². The third kappa shape index (κ3) is 2.79. The number of carbonyl (C=O) groups excluding carboxylic acids is 1. The lowest BCUT2D eigenvalue weighted by Gasteiger charge is -2.21. The van der Waals surface area contributed by atoms with Crippen LogP contribution in [0.3, 0.4) is 0 Å². The maximum absolute atomic E-state index is 13.2. The molecule has 1 unspecified atom stereocenters. The summed E-state index contributed by atoms with van der Waals surface area (Å²) in [7, 11) is 0. The highest BCUT2D eigenvalue weighted by Gasteiger charge is 2.34. The van der Waals surface area contributed by atoms with Crippen molar-refractivity contribution in [1.29, 1.82) is 0 Å². The Bertz CT molecular complexity index is 1030. The fourth-order valence-electron chi connectivity index (χ4n) is 3.02. The summed E-state index contributed by atoms with van der Waals surface area (Å²) in [5.41, 5.74) is 3.06. The third-order valence-corrected chi connectivity index (χ3v) is 4.20. The first-order valence-corrected chi connectivity index (χ1v) is 8.20. The first kappa shape index (κ1) is 16.2. The summed E-state index contributed by atoms with van der Waals surface area (Å²) < 4.78 is 19.2. The van der Waals surface area contributed by atoms with Crippen LogP contribution in [0.15, 0.2) is 59.7 Å². The lowest BCUT2D eigenvalue weighted by molar-refractivity contribution is -0.135. The SMILES string of the molecule is CC(=O)N1N=C(c2ccc(F)cc2)OC1c1cc(C)nc2ccccc12. The van der Waals surface area contributed by atoms with E-state index >= 15 is 0 Å². The molecule has 2 heterocycles. The Hall–Kier alpha value is -3.28. The van der Waals surface area contributed by atoms with Crippen molar-refractivity contribution >= 4 is 22.7 Å². The van der Waals surface area contributed by atoms with E-state index in [1.165, 1.54) is 24.1 Å². The molecule has 1 amide bonds. The second kappa shape index (κ2) is 6.22. The predicted molar refractivity (Wildman–Crippen MR) is 95.8 cm³/mol. The van der Waals surface area contributed by atoms with Gasteiger partial charge >= 0.3 is 0 Å². The Balaban J connectivity index is 1.80. The molecule has 1 aromatic heterocycles. The molecule has 1 atom stereocenters. The molecule has 3 aromatic rings. The minimum Gasteiger partial charge on any atom is -0.446 e. The molecular weight excluding hydrogens is 333 g/mol. The number of carbonyl (C=O) groups is 1. The van der Waals surface area contributed by atoms with E-state index in [0.717, 1.165) is 22.2 Å². The number of hydrogen-bond donors (Lipinski definition) is 0. The number of pyridine rings is 1. The number of hydrazone groups is 1. The molecule has 0 saturated heterocycles. The van der Waals surface area contributed by atoms with Crippen LogP contribution in [-0.2, 0) is 9.53 Å². The van der Waals surface area contributed by atoms with Gasteiger partial charge in [0.15, 0.2) is 0 Å². The molecule has 1 aliphatic heterocycles. The number of aromatic nitrogens is 1. The standard InChI is InChI=1S/C20H16FN3O2/c1-12-11-17(16-5-3-4-6-18(16)22-12)20-24(13(2)25)23-19(26-20)14-7-9-15(21)10-8-14/h3-11,20H,1-2H3. The molecule has 6 heteroatoms. The number of para-hydroxylation sites is 1. The van der Waals surface area contributed by atoms with Crippen LogP contribution in [0.4, 0.5) is 4.39 Å². The normalized spacial score (nSPS) is 16.5. The first-order chi connectivity index (χ1) is 12.5. The summed E-state index contributed by atoms with van der Waals surface area (Å²) >= 11 is 0. The number of aryl methyl sites for hydroxylation is 1. The van der Waals surface area contributed by atoms with E-state index in [9.17, 15) is 9.18 Å². The van der Waals surface area contributed by atoms with E-state index in [4.69, 9.17) is 4.74 Å². The number of nitrogens with zero attached hydrogens (tertiary/aromatic N) is 3. The topological polar surface area (TPSA) is 54.8 Å². The van der Waals surface area contributed by atoms with Crippen LogP contribution in [0.5, 0.6) is 0 Å². The van der Waals surface area contributed by atoms with Gasteiger partial charge in [-0.1, -0.05) is 18.2 Å². The monoisotopic (exact) mass is 349 g/mol. The molecule has 0 spiro atoms. The third-order valence-electron chi connectivity index (χ3n) is 4.20. The molecule has 0 bridgehead atoms. The lowest BCUT2D eigenvalue weighted by Crippen LogP contribution is -2.25. The Morgan fingerprint density at radius 1 is 1.15 bits per heavy atom. The van der Waals surface area contributed by atoms with E-state index in [1.54, 1.807) is 12.1 Å². The molecule has 0 saturated carbocycles. The average molecular weight is 349 g/mol. The van der Waals surface area contributed by atoms with Crippen molar-refractivity contribution in [1.82, 2.24) is 9.99 Å². The van der Waals surface area contributed by atoms with Gasteiger partial charge in [-0.05, 0) is 43.3 Å². The summed E-state index contributed by atoms with van der Waals surface area (Å²) in [6, 6.07) is 15.4. The van der Waals surface area contributed by atoms with Crippen LogP contribution >= 0.6 is 0 Å². The van der Waals surface area contributed by atoms with Crippen LogP contribution in [0.2, 0.25) is 0 Å². The second-order valence-corrected chi connectivity index (χ2v) is 6.12. The van der Waals surface area contributed by atoms with Crippen molar-refractivity contribution in [2.45, 2.75) is 20.1 Å². The molecule has 130 valence electrons. The molecule has 0 radical (unpaired) electrons. The van der Waals surface area contributed by atoms with E-state index in [-0.39, 0.29) is 17.6 Å². The van der Waals surface area contributed by atoms with Gasteiger partial charge in [0.1, 0.15) is 5.82 Å². The highest BCUT2D eigenvalue weighted by molar-refractivity contribution is 5.97. The highest BCUT2D eigenvalue weighted by Crippen LogP contribution is 2.34. The van der Waals surface area contributed by atoms with Crippen molar-refractivity contribution in [2.75, 3.05) is 0 Å². The van der Waals surface area contributed by atoms with Crippen molar-refractivity contribution in [2.24, 2.45) is 5.10 Å². The summed E-state index contributed by atoms with van der Waals surface area (Å²) in [6.07, 6.45) is -0.695. The van der Waals surface area contributed by atoms with Crippen LogP contribution in [0, 0.1) is 12.7 Å². The van der Waals surface area contributed by atoms with Crippen molar-refractivity contribution in [3.8, 4) is 0 Å². The van der Waals surface area contributed by atoms with Gasteiger partial charge in [-0.25, -0.2) is 4.39 Å². The van der Waals surface area contributed by atoms with Crippen LogP contribution in [0.25, 0.3) is 10.9 Å². The molecule has 26 heavy (non-hydrogen) atoms. The molecule has 0 fully saturated rings. The first-order valence-electron chi connectivity index (χ1n) is 8.20.